The van der Waals surface area contributed by atoms with E-state index in [1.807, 2.05) is 18.2 Å². The molecule has 3 nitrogen and oxygen atoms in total. The lowest BCUT2D eigenvalue weighted by Crippen LogP contribution is -2.14. The average molecular weight is 843 g/mol. The maximum absolute atomic E-state index is 6.24. The minimum absolute atomic E-state index is 0.174. The van der Waals surface area contributed by atoms with E-state index in [2.05, 4.69) is 214 Å². The van der Waals surface area contributed by atoms with Gasteiger partial charge in [0, 0.05) is 32.9 Å². The molecule has 310 valence electrons. The monoisotopic (exact) mass is 842 g/mol. The lowest BCUT2D eigenvalue weighted by Gasteiger charge is -2.22. The summed E-state index contributed by atoms with van der Waals surface area (Å²) in [5, 5.41) is 7.03. The molecule has 12 aromatic rings. The lowest BCUT2D eigenvalue weighted by atomic mass is 9.81. The van der Waals surface area contributed by atoms with Gasteiger partial charge in [0.1, 0.15) is 11.2 Å². The van der Waals surface area contributed by atoms with E-state index >= 15 is 0 Å². The minimum Gasteiger partial charge on any atom is -0.456 e. The third-order valence-corrected chi connectivity index (χ3v) is 13.9. The van der Waals surface area contributed by atoms with Crippen LogP contribution < -0.4 is 0 Å². The zero-order valence-electron chi connectivity index (χ0n) is 36.6. The molecule has 0 amide bonds. The topological polar surface area (TPSA) is 38.9 Å². The van der Waals surface area contributed by atoms with Crippen molar-refractivity contribution in [1.82, 2.24) is 9.97 Å². The Morgan fingerprint density at radius 3 is 1.70 bits per heavy atom. The predicted molar refractivity (Wildman–Crippen MR) is 275 cm³/mol. The summed E-state index contributed by atoms with van der Waals surface area (Å²) in [7, 11) is 0. The fourth-order valence-corrected chi connectivity index (χ4v) is 10.6. The molecule has 66 heavy (non-hydrogen) atoms. The van der Waals surface area contributed by atoms with Crippen molar-refractivity contribution in [3.63, 3.8) is 0 Å². The van der Waals surface area contributed by atoms with Gasteiger partial charge in [0.05, 0.1) is 11.4 Å². The van der Waals surface area contributed by atoms with Crippen molar-refractivity contribution in [1.29, 1.82) is 0 Å². The van der Waals surface area contributed by atoms with Crippen LogP contribution in [0.3, 0.4) is 0 Å². The van der Waals surface area contributed by atoms with E-state index < -0.39 is 0 Å². The molecule has 0 atom stereocenters. The first-order valence-corrected chi connectivity index (χ1v) is 22.7. The first kappa shape index (κ1) is 38.1. The normalized spacial score (nSPS) is 12.8. The van der Waals surface area contributed by atoms with Crippen molar-refractivity contribution in [3.8, 4) is 78.4 Å². The van der Waals surface area contributed by atoms with Crippen molar-refractivity contribution < 1.29 is 4.42 Å². The first-order chi connectivity index (χ1) is 32.4. The summed E-state index contributed by atoms with van der Waals surface area (Å²) in [4.78, 5) is 10.8. The van der Waals surface area contributed by atoms with Crippen LogP contribution in [0, 0.1) is 0 Å². The highest BCUT2D eigenvalue weighted by Gasteiger charge is 2.37. The van der Waals surface area contributed by atoms with E-state index in [9.17, 15) is 0 Å². The molecule has 0 N–H and O–H groups in total. The van der Waals surface area contributed by atoms with Gasteiger partial charge >= 0.3 is 0 Å². The van der Waals surface area contributed by atoms with Gasteiger partial charge in [0.2, 0.25) is 0 Å². The summed E-state index contributed by atoms with van der Waals surface area (Å²) in [6, 6.07) is 78.6. The Bertz CT molecular complexity index is 3900. The summed E-state index contributed by atoms with van der Waals surface area (Å²) < 4.78 is 6.24. The quantitative estimate of drug-likeness (QED) is 0.167. The molecule has 0 radical (unpaired) electrons. The van der Waals surface area contributed by atoms with Crippen LogP contribution in [0.25, 0.3) is 122 Å². The number of rotatable bonds is 6. The molecule has 1 aliphatic rings. The van der Waals surface area contributed by atoms with E-state index in [1.54, 1.807) is 0 Å². The number of para-hydroxylation sites is 1. The van der Waals surface area contributed by atoms with Crippen LogP contribution >= 0.6 is 0 Å². The largest absolute Gasteiger partial charge is 0.456 e. The van der Waals surface area contributed by atoms with Crippen LogP contribution in [0.4, 0.5) is 0 Å². The highest BCUT2D eigenvalue weighted by Crippen LogP contribution is 2.53. The maximum atomic E-state index is 6.24. The van der Waals surface area contributed by atoms with E-state index in [0.29, 0.717) is 5.82 Å². The second kappa shape index (κ2) is 14.8. The predicted octanol–water partition coefficient (Wildman–Crippen LogP) is 17.0. The third kappa shape index (κ3) is 6.12. The van der Waals surface area contributed by atoms with Crippen LogP contribution in [0.5, 0.6) is 0 Å². The molecule has 2 heterocycles. The number of benzene rings is 10. The van der Waals surface area contributed by atoms with Gasteiger partial charge in [-0.2, -0.15) is 0 Å². The molecule has 10 aromatic carbocycles. The van der Waals surface area contributed by atoms with Gasteiger partial charge in [-0.25, -0.2) is 9.97 Å². The molecular formula is C63H42N2O. The van der Waals surface area contributed by atoms with E-state index in [1.165, 1.54) is 38.6 Å². The smallest absolute Gasteiger partial charge is 0.160 e. The standard InChI is InChI=1S/C63H42N2O/c1-63(2)55-26-15-25-52(61(55)54-36-41-20-9-10-21-42(41)37-56(54)63)58-38-57(64-62(65-58)40-18-7-4-8-19-40)50-30-29-47(48-22-11-12-23-49(48)50)46-33-44(39-16-5-3-6-17-39)32-45(34-46)43-28-31-60-53(35-43)51-24-13-14-27-59(51)66-60/h3-38H,1-2H3. The molecule has 0 unspecified atom stereocenters. The number of aromatic nitrogens is 2. The van der Waals surface area contributed by atoms with Crippen LogP contribution in [0.2, 0.25) is 0 Å². The number of hydrogen-bond donors (Lipinski definition) is 0. The Hall–Kier alpha value is -8.40. The molecular weight excluding hydrogens is 801 g/mol. The molecule has 13 rings (SSSR count). The van der Waals surface area contributed by atoms with Crippen molar-refractivity contribution in [2.45, 2.75) is 19.3 Å². The van der Waals surface area contributed by atoms with Crippen molar-refractivity contribution in [2.24, 2.45) is 0 Å². The van der Waals surface area contributed by atoms with E-state index in [4.69, 9.17) is 14.4 Å². The van der Waals surface area contributed by atoms with Gasteiger partial charge in [-0.15, -0.1) is 0 Å². The van der Waals surface area contributed by atoms with Crippen LogP contribution in [0.15, 0.2) is 223 Å². The molecule has 2 aromatic heterocycles. The molecule has 3 heteroatoms. The molecule has 0 bridgehead atoms. The Balaban J connectivity index is 1.00. The lowest BCUT2D eigenvalue weighted by molar-refractivity contribution is 0.661. The molecule has 1 aliphatic carbocycles. The number of hydrogen-bond acceptors (Lipinski definition) is 3. The van der Waals surface area contributed by atoms with E-state index in [0.717, 1.165) is 88.6 Å². The van der Waals surface area contributed by atoms with Crippen LogP contribution in [-0.4, -0.2) is 9.97 Å². The Morgan fingerprint density at radius 2 is 0.924 bits per heavy atom. The molecule has 0 spiro atoms. The Kier molecular flexibility index (Phi) is 8.56. The van der Waals surface area contributed by atoms with Crippen molar-refractivity contribution >= 4 is 43.5 Å². The van der Waals surface area contributed by atoms with Gasteiger partial charge in [0.25, 0.3) is 0 Å². The number of nitrogens with zero attached hydrogens (tertiary/aromatic N) is 2. The van der Waals surface area contributed by atoms with Crippen LogP contribution in [-0.2, 0) is 5.41 Å². The van der Waals surface area contributed by atoms with Gasteiger partial charge in [-0.3, -0.25) is 0 Å². The van der Waals surface area contributed by atoms with Crippen molar-refractivity contribution in [3.05, 3.63) is 230 Å². The average Bonchev–Trinajstić information content (AvgIpc) is 3.86. The second-order valence-electron chi connectivity index (χ2n) is 18.1. The third-order valence-electron chi connectivity index (χ3n) is 13.9. The summed E-state index contributed by atoms with van der Waals surface area (Å²) in [6.45, 7) is 4.70. The fraction of sp³-hybridized carbons (Fsp3) is 0.0476. The van der Waals surface area contributed by atoms with Crippen molar-refractivity contribution in [2.75, 3.05) is 0 Å². The summed E-state index contributed by atoms with van der Waals surface area (Å²) >= 11 is 0. The molecule has 0 aliphatic heterocycles. The highest BCUT2D eigenvalue weighted by atomic mass is 16.3. The zero-order chi connectivity index (χ0) is 43.9. The molecule has 0 fully saturated rings. The van der Waals surface area contributed by atoms with Gasteiger partial charge in [-0.05, 0) is 132 Å². The van der Waals surface area contributed by atoms with Crippen LogP contribution in [0.1, 0.15) is 25.0 Å². The van der Waals surface area contributed by atoms with E-state index in [-0.39, 0.29) is 5.41 Å². The number of fused-ring (bicyclic) bond motifs is 8. The molecule has 0 saturated carbocycles. The van der Waals surface area contributed by atoms with Gasteiger partial charge in [0.15, 0.2) is 5.82 Å². The first-order valence-electron chi connectivity index (χ1n) is 22.7. The maximum Gasteiger partial charge on any atom is 0.160 e. The van der Waals surface area contributed by atoms with Gasteiger partial charge < -0.3 is 4.42 Å². The Morgan fingerprint density at radius 1 is 0.333 bits per heavy atom. The summed E-state index contributed by atoms with van der Waals surface area (Å²) in [5.74, 6) is 0.701. The number of furan rings is 1. The highest BCUT2D eigenvalue weighted by molar-refractivity contribution is 6.08. The zero-order valence-corrected chi connectivity index (χ0v) is 36.6. The summed E-state index contributed by atoms with van der Waals surface area (Å²) in [6.07, 6.45) is 0. The fourth-order valence-electron chi connectivity index (χ4n) is 10.6. The van der Waals surface area contributed by atoms with Gasteiger partial charge in [-0.1, -0.05) is 178 Å². The Labute approximate surface area is 383 Å². The molecule has 0 saturated heterocycles. The SMILES string of the molecule is CC1(C)c2cc3ccccc3cc2-c2c(-c3cc(-c4ccc(-c5cc(-c6ccccc6)cc(-c6ccc7oc8ccccc8c7c6)c5)c5ccccc45)nc(-c4ccccc4)n3)cccc21. The second-order valence-corrected chi connectivity index (χ2v) is 18.1. The minimum atomic E-state index is -0.174. The summed E-state index contributed by atoms with van der Waals surface area (Å²) in [5.41, 5.74) is 18.7.